The summed E-state index contributed by atoms with van der Waals surface area (Å²) in [5.41, 5.74) is 6.15. The molecule has 3 N–H and O–H groups in total. The Morgan fingerprint density at radius 2 is 1.73 bits per heavy atom. The second kappa shape index (κ2) is 10.6. The molecule has 0 saturated heterocycles. The second-order valence-corrected chi connectivity index (χ2v) is 7.09. The highest BCUT2D eigenvalue weighted by atomic mass is 19.4. The third kappa shape index (κ3) is 6.47. The molecule has 0 spiro atoms. The molecule has 0 aliphatic rings. The van der Waals surface area contributed by atoms with Crippen molar-refractivity contribution in [1.29, 1.82) is 0 Å². The molecule has 4 nitrogen and oxygen atoms in total. The lowest BCUT2D eigenvalue weighted by molar-refractivity contribution is -0.137. The van der Waals surface area contributed by atoms with Crippen LogP contribution in [-0.2, 0) is 17.4 Å². The van der Waals surface area contributed by atoms with Gasteiger partial charge in [0.2, 0.25) is 0 Å². The maximum absolute atomic E-state index is 13.2. The van der Waals surface area contributed by atoms with Gasteiger partial charge in [-0.2, -0.15) is 13.2 Å². The Morgan fingerprint density at radius 1 is 1.10 bits per heavy atom. The van der Waals surface area contributed by atoms with Crippen LogP contribution >= 0.6 is 0 Å². The molecule has 0 radical (unpaired) electrons. The summed E-state index contributed by atoms with van der Waals surface area (Å²) in [6.07, 6.45) is -1.87. The fraction of sp³-hybridized carbons (Fsp3) is 0.304. The molecular formula is C23H26F3N3O. The third-order valence-corrected chi connectivity index (χ3v) is 4.46. The summed E-state index contributed by atoms with van der Waals surface area (Å²) in [6.45, 7) is 4.19. The van der Waals surface area contributed by atoms with Crippen LogP contribution in [-0.4, -0.2) is 18.2 Å². The van der Waals surface area contributed by atoms with Gasteiger partial charge in [-0.1, -0.05) is 56.3 Å². The Labute approximate surface area is 174 Å². The van der Waals surface area contributed by atoms with Gasteiger partial charge in [0.15, 0.2) is 0 Å². The normalized spacial score (nSPS) is 12.9. The van der Waals surface area contributed by atoms with Gasteiger partial charge in [0.25, 0.3) is 5.91 Å². The van der Waals surface area contributed by atoms with Gasteiger partial charge < -0.3 is 11.1 Å². The van der Waals surface area contributed by atoms with E-state index in [-0.39, 0.29) is 17.2 Å². The van der Waals surface area contributed by atoms with Crippen LogP contribution in [0.4, 0.5) is 18.9 Å². The molecule has 30 heavy (non-hydrogen) atoms. The van der Waals surface area contributed by atoms with Gasteiger partial charge in [0.05, 0.1) is 22.5 Å². The number of nitrogens with one attached hydrogen (secondary N) is 1. The molecule has 0 aromatic heterocycles. The SMILES string of the molecule is CC(C)C(=NCCCc1ccccc1)C(=CN)C(=O)Nc1ccccc1C(F)(F)F. The number of carbonyl (C=O) groups excluding carboxylic acids is 1. The molecule has 0 unspecified atom stereocenters. The quantitative estimate of drug-likeness (QED) is 0.351. The number of para-hydroxylation sites is 1. The third-order valence-electron chi connectivity index (χ3n) is 4.46. The van der Waals surface area contributed by atoms with Crippen LogP contribution in [0.15, 0.2) is 71.4 Å². The minimum absolute atomic E-state index is 0.0710. The topological polar surface area (TPSA) is 67.5 Å². The fourth-order valence-electron chi connectivity index (χ4n) is 3.01. The molecule has 0 atom stereocenters. The highest BCUT2D eigenvalue weighted by molar-refractivity contribution is 6.25. The van der Waals surface area contributed by atoms with Crippen molar-refractivity contribution in [3.8, 4) is 0 Å². The van der Waals surface area contributed by atoms with Crippen LogP contribution < -0.4 is 11.1 Å². The predicted octanol–water partition coefficient (Wildman–Crippen LogP) is 5.22. The summed E-state index contributed by atoms with van der Waals surface area (Å²) in [6, 6.07) is 14.8. The Hall–Kier alpha value is -3.09. The number of anilines is 1. The van der Waals surface area contributed by atoms with Gasteiger partial charge in [0.1, 0.15) is 0 Å². The summed E-state index contributed by atoms with van der Waals surface area (Å²) in [4.78, 5) is 17.2. The monoisotopic (exact) mass is 417 g/mol. The van der Waals surface area contributed by atoms with Crippen molar-refractivity contribution >= 4 is 17.3 Å². The minimum Gasteiger partial charge on any atom is -0.404 e. The Balaban J connectivity index is 2.13. The number of nitrogens with two attached hydrogens (primary N) is 1. The lowest BCUT2D eigenvalue weighted by Crippen LogP contribution is -2.26. The number of benzene rings is 2. The number of hydrogen-bond acceptors (Lipinski definition) is 3. The first kappa shape index (κ1) is 23.2. The van der Waals surface area contributed by atoms with Crippen molar-refractivity contribution < 1.29 is 18.0 Å². The number of aliphatic imine (C=N–C) groups is 1. The molecule has 2 aromatic rings. The van der Waals surface area contributed by atoms with E-state index in [1.165, 1.54) is 23.8 Å². The minimum atomic E-state index is -4.58. The average Bonchev–Trinajstić information content (AvgIpc) is 2.70. The molecule has 0 saturated carbocycles. The first-order valence-corrected chi connectivity index (χ1v) is 9.72. The number of aryl methyl sites for hydroxylation is 1. The number of nitrogens with zero attached hydrogens (tertiary/aromatic N) is 1. The predicted molar refractivity (Wildman–Crippen MR) is 114 cm³/mol. The van der Waals surface area contributed by atoms with Crippen molar-refractivity contribution in [2.75, 3.05) is 11.9 Å². The lowest BCUT2D eigenvalue weighted by Gasteiger charge is -2.17. The summed E-state index contributed by atoms with van der Waals surface area (Å²) >= 11 is 0. The van der Waals surface area contributed by atoms with Crippen LogP contribution in [0.25, 0.3) is 0 Å². The molecule has 0 fully saturated rings. The van der Waals surface area contributed by atoms with Gasteiger partial charge in [-0.05, 0) is 36.5 Å². The number of hydrogen-bond donors (Lipinski definition) is 2. The van der Waals surface area contributed by atoms with Gasteiger partial charge in [-0.3, -0.25) is 9.79 Å². The standard InChI is InChI=1S/C23H26F3N3O/c1-16(2)21(28-14-8-11-17-9-4-3-5-10-17)18(15-27)22(30)29-20-13-7-6-12-19(20)23(24,25)26/h3-7,9-10,12-13,15-16H,8,11,14,27H2,1-2H3,(H,29,30). The smallest absolute Gasteiger partial charge is 0.404 e. The number of carbonyl (C=O) groups is 1. The molecular weight excluding hydrogens is 391 g/mol. The Morgan fingerprint density at radius 3 is 2.33 bits per heavy atom. The molecule has 0 bridgehead atoms. The second-order valence-electron chi connectivity index (χ2n) is 7.09. The largest absolute Gasteiger partial charge is 0.418 e. The van der Waals surface area contributed by atoms with E-state index in [0.29, 0.717) is 12.3 Å². The Kier molecular flexibility index (Phi) is 8.21. The molecule has 0 aliphatic heterocycles. The van der Waals surface area contributed by atoms with E-state index in [2.05, 4.69) is 10.3 Å². The van der Waals surface area contributed by atoms with E-state index in [1.807, 2.05) is 44.2 Å². The zero-order valence-corrected chi connectivity index (χ0v) is 17.0. The van der Waals surface area contributed by atoms with E-state index < -0.39 is 17.6 Å². The average molecular weight is 417 g/mol. The van der Waals surface area contributed by atoms with Crippen LogP contribution in [0.2, 0.25) is 0 Å². The van der Waals surface area contributed by atoms with Crippen LogP contribution in [0.3, 0.4) is 0 Å². The zero-order chi connectivity index (χ0) is 22.1. The molecule has 0 aliphatic carbocycles. The molecule has 7 heteroatoms. The lowest BCUT2D eigenvalue weighted by atomic mass is 9.99. The van der Waals surface area contributed by atoms with Crippen LogP contribution in [0.5, 0.6) is 0 Å². The summed E-state index contributed by atoms with van der Waals surface area (Å²) in [5, 5.41) is 2.33. The van der Waals surface area contributed by atoms with Crippen molar-refractivity contribution in [2.24, 2.45) is 16.6 Å². The highest BCUT2D eigenvalue weighted by Gasteiger charge is 2.34. The first-order valence-electron chi connectivity index (χ1n) is 9.72. The maximum Gasteiger partial charge on any atom is 0.418 e. The van der Waals surface area contributed by atoms with Crippen LogP contribution in [0.1, 0.15) is 31.4 Å². The number of halogens is 3. The summed E-state index contributed by atoms with van der Waals surface area (Å²) in [5.74, 6) is -0.843. The van der Waals surface area contributed by atoms with Crippen molar-refractivity contribution in [3.63, 3.8) is 0 Å². The maximum atomic E-state index is 13.2. The van der Waals surface area contributed by atoms with Crippen molar-refractivity contribution in [3.05, 3.63) is 77.5 Å². The van der Waals surface area contributed by atoms with E-state index in [1.54, 1.807) is 0 Å². The Bertz CT molecular complexity index is 903. The van der Waals surface area contributed by atoms with Crippen molar-refractivity contribution in [2.45, 2.75) is 32.9 Å². The van der Waals surface area contributed by atoms with Crippen molar-refractivity contribution in [1.82, 2.24) is 0 Å². The number of amides is 1. The summed E-state index contributed by atoms with van der Waals surface area (Å²) < 4.78 is 39.6. The number of alkyl halides is 3. The van der Waals surface area contributed by atoms with E-state index in [0.717, 1.165) is 25.1 Å². The molecule has 2 rings (SSSR count). The zero-order valence-electron chi connectivity index (χ0n) is 17.0. The highest BCUT2D eigenvalue weighted by Crippen LogP contribution is 2.34. The molecule has 1 amide bonds. The van der Waals surface area contributed by atoms with E-state index in [9.17, 15) is 18.0 Å². The van der Waals surface area contributed by atoms with Gasteiger partial charge in [-0.15, -0.1) is 0 Å². The van der Waals surface area contributed by atoms with Gasteiger partial charge in [0, 0.05) is 12.7 Å². The van der Waals surface area contributed by atoms with Gasteiger partial charge in [-0.25, -0.2) is 0 Å². The summed E-state index contributed by atoms with van der Waals surface area (Å²) in [7, 11) is 0. The van der Waals surface area contributed by atoms with E-state index in [4.69, 9.17) is 5.73 Å². The molecule has 160 valence electrons. The van der Waals surface area contributed by atoms with Crippen LogP contribution in [0, 0.1) is 5.92 Å². The van der Waals surface area contributed by atoms with E-state index >= 15 is 0 Å². The van der Waals surface area contributed by atoms with Gasteiger partial charge >= 0.3 is 6.18 Å². The fourth-order valence-corrected chi connectivity index (χ4v) is 3.01. The number of rotatable bonds is 8. The first-order chi connectivity index (χ1) is 14.2. The molecule has 2 aromatic carbocycles. The molecule has 0 heterocycles.